The Kier molecular flexibility index (Phi) is 9.39. The number of halogens is 1. The second-order valence-electron chi connectivity index (χ2n) is 7.17. The van der Waals surface area contributed by atoms with Crippen LogP contribution in [0.25, 0.3) is 5.69 Å². The van der Waals surface area contributed by atoms with Crippen LogP contribution in [0.4, 0.5) is 0 Å². The fraction of sp³-hybridized carbons (Fsp3) is 0.333. The van der Waals surface area contributed by atoms with Gasteiger partial charge in [0.15, 0.2) is 16.7 Å². The van der Waals surface area contributed by atoms with Crippen molar-refractivity contribution >= 4 is 27.7 Å². The molecule has 0 bridgehead atoms. The van der Waals surface area contributed by atoms with Crippen molar-refractivity contribution in [2.45, 2.75) is 31.2 Å². The lowest BCUT2D eigenvalue weighted by Crippen LogP contribution is -2.12. The monoisotopic (exact) mass is 560 g/mol. The minimum atomic E-state index is -0.577. The Labute approximate surface area is 216 Å². The third-order valence-electron chi connectivity index (χ3n) is 4.77. The van der Waals surface area contributed by atoms with Gasteiger partial charge in [0.1, 0.15) is 23.4 Å². The number of aromatic nitrogens is 3. The van der Waals surface area contributed by atoms with E-state index in [2.05, 4.69) is 32.0 Å². The molecule has 0 spiro atoms. The average Bonchev–Trinajstić information content (AvgIpc) is 3.18. The largest absolute Gasteiger partial charge is 0.494 e. The average molecular weight is 561 g/mol. The molecule has 0 aliphatic rings. The van der Waals surface area contributed by atoms with E-state index in [1.54, 1.807) is 12.1 Å². The van der Waals surface area contributed by atoms with E-state index in [9.17, 15) is 10.1 Å². The summed E-state index contributed by atoms with van der Waals surface area (Å²) in [5, 5.41) is 20.0. The summed E-state index contributed by atoms with van der Waals surface area (Å²) >= 11 is 4.75. The molecule has 0 fully saturated rings. The van der Waals surface area contributed by atoms with Crippen molar-refractivity contribution in [1.29, 1.82) is 0 Å². The maximum Gasteiger partial charge on any atom is 0.220 e. The van der Waals surface area contributed by atoms with Crippen LogP contribution in [0.3, 0.4) is 0 Å². The lowest BCUT2D eigenvalue weighted by molar-refractivity contribution is -0.479. The molecule has 0 radical (unpaired) electrons. The topological polar surface area (TPSA) is 102 Å². The molecule has 0 aliphatic carbocycles. The van der Waals surface area contributed by atoms with Gasteiger partial charge in [-0.15, -0.1) is 16.6 Å². The van der Waals surface area contributed by atoms with Crippen molar-refractivity contribution in [2.24, 2.45) is 0 Å². The fourth-order valence-corrected chi connectivity index (χ4v) is 5.07. The quantitative estimate of drug-likeness (QED) is 0.128. The van der Waals surface area contributed by atoms with Gasteiger partial charge in [0, 0.05) is 10.6 Å². The predicted molar refractivity (Wildman–Crippen MR) is 137 cm³/mol. The van der Waals surface area contributed by atoms with E-state index in [0.29, 0.717) is 45.7 Å². The third-order valence-corrected chi connectivity index (χ3v) is 6.54. The minimum absolute atomic E-state index is 0.0650. The molecule has 35 heavy (non-hydrogen) atoms. The van der Waals surface area contributed by atoms with Crippen molar-refractivity contribution in [3.8, 4) is 35.3 Å². The first kappa shape index (κ1) is 26.4. The van der Waals surface area contributed by atoms with Crippen LogP contribution in [0.5, 0.6) is 17.2 Å². The molecule has 0 unspecified atom stereocenters. The molecule has 1 aromatic heterocycles. The highest BCUT2D eigenvalue weighted by Crippen LogP contribution is 2.43. The Morgan fingerprint density at radius 2 is 1.89 bits per heavy atom. The summed E-state index contributed by atoms with van der Waals surface area (Å²) in [5.74, 6) is 4.74. The van der Waals surface area contributed by atoms with Crippen molar-refractivity contribution < 1.29 is 19.1 Å². The van der Waals surface area contributed by atoms with Crippen LogP contribution in [0, 0.1) is 29.4 Å². The first-order valence-electron chi connectivity index (χ1n) is 10.8. The standard InChI is InChI=1S/C24H25BrN4O5S/c1-5-12-34-23-20(25)13-17(14-21(23)33-7-3)22(15-28(30)31)35-24-27-26-16(4)29(24)18-8-10-19(11-9-18)32-6-2/h1,8-11,13-14,22H,6-7,12,15H2,2-4H3/t22-/m1/s1. The van der Waals surface area contributed by atoms with E-state index in [0.717, 1.165) is 11.4 Å². The number of aryl methyl sites for hydroxylation is 1. The maximum atomic E-state index is 11.6. The summed E-state index contributed by atoms with van der Waals surface area (Å²) in [5.41, 5.74) is 1.50. The van der Waals surface area contributed by atoms with Gasteiger partial charge in [0.25, 0.3) is 0 Å². The summed E-state index contributed by atoms with van der Waals surface area (Å²) < 4.78 is 19.3. The molecule has 11 heteroatoms. The van der Waals surface area contributed by atoms with Crippen molar-refractivity contribution in [3.05, 3.63) is 62.4 Å². The SMILES string of the molecule is C#CCOc1c(Br)cc([C@@H](C[N+](=O)[O-])Sc2nnc(C)n2-c2ccc(OCC)cc2)cc1OCC. The molecular formula is C24H25BrN4O5S. The zero-order chi connectivity index (χ0) is 25.4. The van der Waals surface area contributed by atoms with E-state index in [-0.39, 0.29) is 18.1 Å². The van der Waals surface area contributed by atoms with Crippen molar-refractivity contribution in [3.63, 3.8) is 0 Å². The smallest absolute Gasteiger partial charge is 0.220 e. The van der Waals surface area contributed by atoms with Crippen molar-refractivity contribution in [2.75, 3.05) is 26.4 Å². The first-order chi connectivity index (χ1) is 16.9. The minimum Gasteiger partial charge on any atom is -0.494 e. The van der Waals surface area contributed by atoms with Gasteiger partial charge < -0.3 is 14.2 Å². The van der Waals surface area contributed by atoms with E-state index in [1.807, 2.05) is 49.6 Å². The van der Waals surface area contributed by atoms with Gasteiger partial charge in [-0.1, -0.05) is 17.7 Å². The number of hydrogen-bond donors (Lipinski definition) is 0. The van der Waals surface area contributed by atoms with Gasteiger partial charge in [0.05, 0.1) is 17.7 Å². The summed E-state index contributed by atoms with van der Waals surface area (Å²) in [4.78, 5) is 11.2. The van der Waals surface area contributed by atoms with Gasteiger partial charge >= 0.3 is 0 Å². The zero-order valence-corrected chi connectivity index (χ0v) is 22.0. The molecule has 0 saturated carbocycles. The van der Waals surface area contributed by atoms with Gasteiger partial charge in [-0.05, 0) is 78.7 Å². The van der Waals surface area contributed by atoms with E-state index in [4.69, 9.17) is 20.6 Å². The van der Waals surface area contributed by atoms with Crippen LogP contribution in [-0.4, -0.2) is 46.1 Å². The van der Waals surface area contributed by atoms with Crippen LogP contribution in [0.2, 0.25) is 0 Å². The Morgan fingerprint density at radius 3 is 2.51 bits per heavy atom. The van der Waals surface area contributed by atoms with E-state index >= 15 is 0 Å². The second-order valence-corrected chi connectivity index (χ2v) is 9.19. The second kappa shape index (κ2) is 12.5. The van der Waals surface area contributed by atoms with Crippen LogP contribution in [0.1, 0.15) is 30.5 Å². The predicted octanol–water partition coefficient (Wildman–Crippen LogP) is 5.26. The number of terminal acetylenes is 1. The number of benzene rings is 2. The number of thioether (sulfide) groups is 1. The van der Waals surface area contributed by atoms with Gasteiger partial charge in [-0.2, -0.15) is 0 Å². The van der Waals surface area contributed by atoms with Crippen molar-refractivity contribution in [1.82, 2.24) is 14.8 Å². The molecule has 2 aromatic carbocycles. The molecule has 0 saturated heterocycles. The number of ether oxygens (including phenoxy) is 3. The van der Waals surface area contributed by atoms with Crippen LogP contribution in [0.15, 0.2) is 46.0 Å². The van der Waals surface area contributed by atoms with Gasteiger partial charge in [0.2, 0.25) is 6.54 Å². The summed E-state index contributed by atoms with van der Waals surface area (Å²) in [7, 11) is 0. The Hall–Kier alpha value is -3.23. The van der Waals surface area contributed by atoms with Crippen LogP contribution >= 0.6 is 27.7 Å². The number of nitrogens with zero attached hydrogens (tertiary/aromatic N) is 4. The Balaban J connectivity index is 1.99. The first-order valence-corrected chi connectivity index (χ1v) is 12.5. The fourth-order valence-electron chi connectivity index (χ4n) is 3.34. The molecule has 0 aliphatic heterocycles. The zero-order valence-electron chi connectivity index (χ0n) is 19.6. The van der Waals surface area contributed by atoms with E-state index in [1.165, 1.54) is 11.8 Å². The van der Waals surface area contributed by atoms with E-state index < -0.39 is 5.25 Å². The molecular weight excluding hydrogens is 536 g/mol. The molecule has 1 atom stereocenters. The lowest BCUT2D eigenvalue weighted by Gasteiger charge is -2.18. The molecule has 3 aromatic rings. The molecule has 1 heterocycles. The number of hydrogen-bond acceptors (Lipinski definition) is 8. The molecule has 0 N–H and O–H groups in total. The highest BCUT2D eigenvalue weighted by Gasteiger charge is 2.26. The van der Waals surface area contributed by atoms with Crippen LogP contribution < -0.4 is 14.2 Å². The van der Waals surface area contributed by atoms with Gasteiger partial charge in [-0.25, -0.2) is 0 Å². The van der Waals surface area contributed by atoms with Gasteiger partial charge in [-0.3, -0.25) is 14.7 Å². The summed E-state index contributed by atoms with van der Waals surface area (Å²) in [6.07, 6.45) is 5.33. The number of nitro groups is 1. The normalized spacial score (nSPS) is 11.5. The summed E-state index contributed by atoms with van der Waals surface area (Å²) in [6, 6.07) is 11.0. The molecule has 184 valence electrons. The molecule has 0 amide bonds. The maximum absolute atomic E-state index is 11.6. The van der Waals surface area contributed by atoms with Crippen LogP contribution in [-0.2, 0) is 0 Å². The highest BCUT2D eigenvalue weighted by atomic mass is 79.9. The Bertz CT molecular complexity index is 1210. The lowest BCUT2D eigenvalue weighted by atomic mass is 10.1. The molecule has 9 nitrogen and oxygen atoms in total. The highest BCUT2D eigenvalue weighted by molar-refractivity contribution is 9.10. The Morgan fingerprint density at radius 1 is 1.17 bits per heavy atom. The summed E-state index contributed by atoms with van der Waals surface area (Å²) in [6.45, 7) is 6.29. The number of rotatable bonds is 12. The third kappa shape index (κ3) is 6.68. The molecule has 3 rings (SSSR count).